The highest BCUT2D eigenvalue weighted by molar-refractivity contribution is 5.96. The summed E-state index contributed by atoms with van der Waals surface area (Å²) in [6.07, 6.45) is 2.35. The predicted octanol–water partition coefficient (Wildman–Crippen LogP) is 4.68. The molecule has 0 amide bonds. The lowest BCUT2D eigenvalue weighted by Gasteiger charge is -2.26. The van der Waals surface area contributed by atoms with Crippen molar-refractivity contribution in [2.75, 3.05) is 0 Å². The van der Waals surface area contributed by atoms with Crippen LogP contribution in [0.5, 0.6) is 0 Å². The number of benzene rings is 2. The van der Waals surface area contributed by atoms with Gasteiger partial charge in [-0.1, -0.05) is 54.1 Å². The summed E-state index contributed by atoms with van der Waals surface area (Å²) >= 11 is 0. The van der Waals surface area contributed by atoms with Crippen LogP contribution in [-0.2, 0) is 11.2 Å². The molecule has 1 fully saturated rings. The van der Waals surface area contributed by atoms with E-state index in [1.807, 2.05) is 49.4 Å². The quantitative estimate of drug-likeness (QED) is 0.449. The number of aryl methyl sites for hydroxylation is 3. The Kier molecular flexibility index (Phi) is 5.68. The van der Waals surface area contributed by atoms with E-state index >= 15 is 0 Å². The van der Waals surface area contributed by atoms with Gasteiger partial charge in [-0.25, -0.2) is 4.98 Å². The number of carbonyl (C=O) groups is 2. The number of hydrogen-bond donors (Lipinski definition) is 0. The minimum atomic E-state index is -0.503. The molecular formula is C26H26N2O3. The minimum absolute atomic E-state index is 0.00892. The van der Waals surface area contributed by atoms with Crippen molar-refractivity contribution in [2.45, 2.75) is 52.0 Å². The van der Waals surface area contributed by atoms with Crippen LogP contribution in [0.15, 0.2) is 59.4 Å². The fraction of sp³-hybridized carbons (Fsp3) is 0.308. The van der Waals surface area contributed by atoms with Crippen molar-refractivity contribution >= 4 is 22.5 Å². The summed E-state index contributed by atoms with van der Waals surface area (Å²) in [5.41, 5.74) is 3.88. The summed E-state index contributed by atoms with van der Waals surface area (Å²) in [5, 5.41) is 0.502. The molecule has 2 aromatic carbocycles. The Bertz CT molecular complexity index is 1250. The van der Waals surface area contributed by atoms with Gasteiger partial charge in [0.05, 0.1) is 16.9 Å². The summed E-state index contributed by atoms with van der Waals surface area (Å²) in [7, 11) is 0. The van der Waals surface area contributed by atoms with Crippen LogP contribution in [0, 0.1) is 13.8 Å². The molecule has 31 heavy (non-hydrogen) atoms. The van der Waals surface area contributed by atoms with Gasteiger partial charge in [0, 0.05) is 18.4 Å². The Morgan fingerprint density at radius 3 is 2.58 bits per heavy atom. The molecule has 1 saturated carbocycles. The molecule has 1 aromatic heterocycles. The van der Waals surface area contributed by atoms with E-state index in [1.165, 1.54) is 0 Å². The number of aromatic nitrogens is 2. The van der Waals surface area contributed by atoms with Crippen LogP contribution in [0.1, 0.15) is 59.0 Å². The molecule has 5 nitrogen and oxygen atoms in total. The molecule has 0 saturated heterocycles. The lowest BCUT2D eigenvalue weighted by Crippen LogP contribution is -2.35. The fourth-order valence-electron chi connectivity index (χ4n) is 4.36. The molecule has 1 aliphatic rings. The summed E-state index contributed by atoms with van der Waals surface area (Å²) in [4.78, 5) is 43.4. The molecule has 0 bridgehead atoms. The average molecular weight is 415 g/mol. The highest BCUT2D eigenvalue weighted by Crippen LogP contribution is 2.28. The van der Waals surface area contributed by atoms with Crippen molar-refractivity contribution in [1.29, 1.82) is 0 Å². The molecule has 1 heterocycles. The molecule has 1 atom stereocenters. The van der Waals surface area contributed by atoms with Crippen LogP contribution < -0.4 is 5.56 Å². The zero-order chi connectivity index (χ0) is 22.1. The number of carbonyl (C=O) groups excluding carboxylic acids is 2. The molecule has 0 aliphatic heterocycles. The topological polar surface area (TPSA) is 69.0 Å². The van der Waals surface area contributed by atoms with E-state index in [1.54, 1.807) is 11.5 Å². The lowest BCUT2D eigenvalue weighted by molar-refractivity contribution is -0.122. The summed E-state index contributed by atoms with van der Waals surface area (Å²) in [6.45, 7) is 7.67. The summed E-state index contributed by atoms with van der Waals surface area (Å²) in [5.74, 6) is 0.587. The first-order chi connectivity index (χ1) is 14.8. The third kappa shape index (κ3) is 4.13. The molecule has 1 unspecified atom stereocenters. The maximum absolute atomic E-state index is 13.5. The van der Waals surface area contributed by atoms with E-state index in [2.05, 4.69) is 11.6 Å². The number of rotatable bonds is 5. The number of ketones is 2. The summed E-state index contributed by atoms with van der Waals surface area (Å²) in [6, 6.07) is 12.6. The fourth-order valence-corrected chi connectivity index (χ4v) is 4.36. The van der Waals surface area contributed by atoms with Gasteiger partial charge in [0.1, 0.15) is 5.82 Å². The molecule has 5 heteroatoms. The third-order valence-electron chi connectivity index (χ3n) is 6.07. The molecule has 0 N–H and O–H groups in total. The molecular weight excluding hydrogens is 388 g/mol. The highest BCUT2D eigenvalue weighted by atomic mass is 16.1. The Morgan fingerprint density at radius 1 is 1.13 bits per heavy atom. The average Bonchev–Trinajstić information content (AvgIpc) is 2.73. The van der Waals surface area contributed by atoms with Gasteiger partial charge in [0.25, 0.3) is 5.56 Å². The molecule has 1 aliphatic carbocycles. The maximum Gasteiger partial charge on any atom is 0.262 e. The zero-order valence-electron chi connectivity index (χ0n) is 18.0. The molecule has 0 radical (unpaired) electrons. The van der Waals surface area contributed by atoms with Gasteiger partial charge in [-0.05, 0) is 44.7 Å². The Balaban J connectivity index is 1.69. The van der Waals surface area contributed by atoms with E-state index in [4.69, 9.17) is 0 Å². The normalized spacial score (nSPS) is 16.6. The van der Waals surface area contributed by atoms with Crippen molar-refractivity contribution in [3.63, 3.8) is 0 Å². The molecule has 158 valence electrons. The molecule has 4 rings (SSSR count). The van der Waals surface area contributed by atoms with Gasteiger partial charge >= 0.3 is 0 Å². The highest BCUT2D eigenvalue weighted by Gasteiger charge is 2.28. The van der Waals surface area contributed by atoms with Crippen LogP contribution in [0.2, 0.25) is 0 Å². The van der Waals surface area contributed by atoms with Gasteiger partial charge in [0.2, 0.25) is 0 Å². The number of allylic oxidation sites excluding steroid dienone is 1. The predicted molar refractivity (Wildman–Crippen MR) is 122 cm³/mol. The zero-order valence-corrected chi connectivity index (χ0v) is 18.0. The van der Waals surface area contributed by atoms with Crippen molar-refractivity contribution in [3.05, 3.63) is 87.5 Å². The van der Waals surface area contributed by atoms with Crippen molar-refractivity contribution in [3.8, 4) is 0 Å². The second-order valence-corrected chi connectivity index (χ2v) is 8.38. The Labute approximate surface area is 181 Å². The standard InChI is InChI=1S/C26H26N2O3/c1-16-7-10-19(11-8-16)23(29)14-12-20-5-4-6-21-25(20)26(31)28(18(3)27-21)22-13-9-17(2)15-24(22)30/h4-8,10-11,22H,2,9,12-15H2,1,3H3. The van der Waals surface area contributed by atoms with E-state index in [0.717, 1.165) is 23.1 Å². The SMILES string of the molecule is C=C1CCC(n2c(C)nc3cccc(CCC(=O)c4ccc(C)cc4)c3c2=O)C(=O)C1. The smallest absolute Gasteiger partial charge is 0.262 e. The number of Topliss-reactive ketones (excluding diaryl/α,β-unsaturated/α-hetero) is 2. The Morgan fingerprint density at radius 2 is 1.87 bits per heavy atom. The van der Waals surface area contributed by atoms with Crippen molar-refractivity contribution in [1.82, 2.24) is 9.55 Å². The largest absolute Gasteiger partial charge is 0.297 e. The van der Waals surface area contributed by atoms with E-state index < -0.39 is 6.04 Å². The molecule has 3 aromatic rings. The number of nitrogens with zero attached hydrogens (tertiary/aromatic N) is 2. The van der Waals surface area contributed by atoms with Crippen LogP contribution >= 0.6 is 0 Å². The van der Waals surface area contributed by atoms with E-state index in [9.17, 15) is 14.4 Å². The van der Waals surface area contributed by atoms with Crippen molar-refractivity contribution in [2.24, 2.45) is 0 Å². The van der Waals surface area contributed by atoms with Crippen LogP contribution in [-0.4, -0.2) is 21.1 Å². The Hall–Kier alpha value is -3.34. The maximum atomic E-state index is 13.5. The first-order valence-corrected chi connectivity index (χ1v) is 10.6. The van der Waals surface area contributed by atoms with Crippen LogP contribution in [0.3, 0.4) is 0 Å². The number of hydrogen-bond acceptors (Lipinski definition) is 4. The lowest BCUT2D eigenvalue weighted by atomic mass is 9.90. The number of fused-ring (bicyclic) bond motifs is 1. The summed E-state index contributed by atoms with van der Waals surface area (Å²) < 4.78 is 1.54. The van der Waals surface area contributed by atoms with E-state index in [-0.39, 0.29) is 17.1 Å². The van der Waals surface area contributed by atoms with Crippen molar-refractivity contribution < 1.29 is 9.59 Å². The monoisotopic (exact) mass is 414 g/mol. The first-order valence-electron chi connectivity index (χ1n) is 10.6. The van der Waals surface area contributed by atoms with Crippen LogP contribution in [0.4, 0.5) is 0 Å². The van der Waals surface area contributed by atoms with Gasteiger partial charge < -0.3 is 0 Å². The molecule has 0 spiro atoms. The van der Waals surface area contributed by atoms with Gasteiger partial charge in [0.15, 0.2) is 11.6 Å². The van der Waals surface area contributed by atoms with E-state index in [0.29, 0.717) is 48.0 Å². The van der Waals surface area contributed by atoms with Gasteiger partial charge in [-0.15, -0.1) is 0 Å². The second kappa shape index (κ2) is 8.42. The minimum Gasteiger partial charge on any atom is -0.297 e. The first kappa shape index (κ1) is 20.9. The van der Waals surface area contributed by atoms with Crippen LogP contribution in [0.25, 0.3) is 10.9 Å². The van der Waals surface area contributed by atoms with Gasteiger partial charge in [-0.2, -0.15) is 0 Å². The second-order valence-electron chi connectivity index (χ2n) is 8.38. The third-order valence-corrected chi connectivity index (χ3v) is 6.07. The van der Waals surface area contributed by atoms with Gasteiger partial charge in [-0.3, -0.25) is 19.0 Å².